The molecule has 1 amide bonds. The van der Waals surface area contributed by atoms with Crippen LogP contribution < -0.4 is 14.8 Å². The summed E-state index contributed by atoms with van der Waals surface area (Å²) in [5, 5.41) is 3.16. The Morgan fingerprint density at radius 1 is 1.14 bits per heavy atom. The van der Waals surface area contributed by atoms with Gasteiger partial charge in [0.25, 0.3) is 0 Å². The van der Waals surface area contributed by atoms with Gasteiger partial charge in [-0.15, -0.1) is 0 Å². The molecule has 2 aromatic carbocycles. The maximum atomic E-state index is 12.8. The first-order valence-electron chi connectivity index (χ1n) is 10.3. The number of likely N-dealkylation sites (tertiary alicyclic amines) is 1. The summed E-state index contributed by atoms with van der Waals surface area (Å²) in [4.78, 5) is 15.0. The summed E-state index contributed by atoms with van der Waals surface area (Å²) >= 11 is 0. The summed E-state index contributed by atoms with van der Waals surface area (Å²) in [5.74, 6) is 1.63. The van der Waals surface area contributed by atoms with Crippen molar-refractivity contribution in [3.05, 3.63) is 58.7 Å². The molecule has 0 unspecified atom stereocenters. The Bertz CT molecular complexity index is 865. The Hall–Kier alpha value is -2.53. The van der Waals surface area contributed by atoms with Crippen molar-refractivity contribution < 1.29 is 14.3 Å². The smallest absolute Gasteiger partial charge is 0.234 e. The molecule has 1 heterocycles. The lowest BCUT2D eigenvalue weighted by Crippen LogP contribution is -2.38. The zero-order valence-electron chi connectivity index (χ0n) is 18.1. The molecule has 1 aliphatic rings. The Kier molecular flexibility index (Phi) is 6.80. The van der Waals surface area contributed by atoms with Gasteiger partial charge in [0, 0.05) is 17.7 Å². The average molecular weight is 397 g/mol. The van der Waals surface area contributed by atoms with Crippen LogP contribution in [0.2, 0.25) is 0 Å². The number of rotatable bonds is 7. The molecule has 2 aromatic rings. The maximum Gasteiger partial charge on any atom is 0.234 e. The Morgan fingerprint density at radius 2 is 1.93 bits per heavy atom. The van der Waals surface area contributed by atoms with E-state index in [1.54, 1.807) is 14.2 Å². The van der Waals surface area contributed by atoms with Gasteiger partial charge in [-0.1, -0.05) is 24.3 Å². The number of nitrogens with one attached hydrogen (secondary N) is 1. The highest BCUT2D eigenvalue weighted by Crippen LogP contribution is 2.38. The second-order valence-corrected chi connectivity index (χ2v) is 7.87. The van der Waals surface area contributed by atoms with Crippen LogP contribution >= 0.6 is 0 Å². The van der Waals surface area contributed by atoms with E-state index >= 15 is 0 Å². The van der Waals surface area contributed by atoms with Crippen molar-refractivity contribution >= 4 is 5.91 Å². The molecular formula is C24H32N2O3. The number of nitrogens with zero attached hydrogens (tertiary/aromatic N) is 1. The molecule has 0 radical (unpaired) electrons. The van der Waals surface area contributed by atoms with Gasteiger partial charge < -0.3 is 14.8 Å². The average Bonchev–Trinajstić information content (AvgIpc) is 3.16. The van der Waals surface area contributed by atoms with Gasteiger partial charge in [0.2, 0.25) is 5.91 Å². The highest BCUT2D eigenvalue weighted by molar-refractivity contribution is 5.78. The minimum absolute atomic E-state index is 0.0154. The number of amides is 1. The molecule has 0 saturated carbocycles. The van der Waals surface area contributed by atoms with Gasteiger partial charge >= 0.3 is 0 Å². The number of hydrogen-bond acceptors (Lipinski definition) is 4. The van der Waals surface area contributed by atoms with Crippen LogP contribution in [-0.2, 0) is 4.79 Å². The molecular weight excluding hydrogens is 364 g/mol. The van der Waals surface area contributed by atoms with E-state index in [0.717, 1.165) is 42.0 Å². The topological polar surface area (TPSA) is 50.8 Å². The number of benzene rings is 2. The Morgan fingerprint density at radius 3 is 2.62 bits per heavy atom. The van der Waals surface area contributed by atoms with Gasteiger partial charge in [0.05, 0.1) is 26.8 Å². The summed E-state index contributed by atoms with van der Waals surface area (Å²) in [7, 11) is 3.33. The lowest BCUT2D eigenvalue weighted by atomic mass is 10.0. The Balaban J connectivity index is 1.67. The number of ether oxygens (including phenoxy) is 2. The fraction of sp³-hybridized carbons (Fsp3) is 0.458. The molecule has 1 aliphatic heterocycles. The zero-order chi connectivity index (χ0) is 21.0. The van der Waals surface area contributed by atoms with Crippen LogP contribution in [0.5, 0.6) is 11.5 Å². The van der Waals surface area contributed by atoms with Crippen molar-refractivity contribution in [2.45, 2.75) is 45.7 Å². The van der Waals surface area contributed by atoms with Crippen LogP contribution in [0.4, 0.5) is 0 Å². The monoisotopic (exact) mass is 396 g/mol. The standard InChI is InChI=1S/C24H32N2O3/c1-16-8-9-19(13-17(16)2)18(3)25-24(27)15-26-12-6-7-22(26)21-11-10-20(28-4)14-23(21)29-5/h8-11,13-14,18,22H,6-7,12,15H2,1-5H3,(H,25,27)/t18-,22-/m0/s1. The van der Waals surface area contributed by atoms with Crippen molar-refractivity contribution in [1.29, 1.82) is 0 Å². The van der Waals surface area contributed by atoms with Gasteiger partial charge in [-0.05, 0) is 62.9 Å². The predicted octanol–water partition coefficient (Wildman–Crippen LogP) is 4.33. The van der Waals surface area contributed by atoms with Crippen LogP contribution in [0.15, 0.2) is 36.4 Å². The van der Waals surface area contributed by atoms with Crippen LogP contribution in [0, 0.1) is 13.8 Å². The summed E-state index contributed by atoms with van der Waals surface area (Å²) in [6.07, 6.45) is 2.09. The van der Waals surface area contributed by atoms with E-state index in [9.17, 15) is 4.79 Å². The van der Waals surface area contributed by atoms with Gasteiger partial charge in [-0.2, -0.15) is 0 Å². The fourth-order valence-corrected chi connectivity index (χ4v) is 4.05. The molecule has 1 fully saturated rings. The molecule has 29 heavy (non-hydrogen) atoms. The molecule has 1 N–H and O–H groups in total. The Labute approximate surface area is 174 Å². The third kappa shape index (κ3) is 4.91. The minimum atomic E-state index is -0.0154. The van der Waals surface area contributed by atoms with Crippen LogP contribution in [-0.4, -0.2) is 38.1 Å². The fourth-order valence-electron chi connectivity index (χ4n) is 4.05. The molecule has 0 aromatic heterocycles. The molecule has 156 valence electrons. The lowest BCUT2D eigenvalue weighted by molar-refractivity contribution is -0.123. The number of carbonyl (C=O) groups excluding carboxylic acids is 1. The first-order chi connectivity index (χ1) is 13.9. The molecule has 5 nitrogen and oxygen atoms in total. The number of methoxy groups -OCH3 is 2. The summed E-state index contributed by atoms with van der Waals surface area (Å²) in [6, 6.07) is 12.4. The third-order valence-corrected chi connectivity index (χ3v) is 5.92. The van der Waals surface area contributed by atoms with Crippen LogP contribution in [0.25, 0.3) is 0 Å². The SMILES string of the molecule is COc1ccc([C@@H]2CCCN2CC(=O)N[C@@H](C)c2ccc(C)c(C)c2)c(OC)c1. The second kappa shape index (κ2) is 9.31. The van der Waals surface area contributed by atoms with Crippen molar-refractivity contribution in [2.24, 2.45) is 0 Å². The number of aryl methyl sites for hydroxylation is 2. The molecule has 5 heteroatoms. The molecule has 0 bridgehead atoms. The molecule has 3 rings (SSSR count). The van der Waals surface area contributed by atoms with Crippen molar-refractivity contribution in [3.63, 3.8) is 0 Å². The van der Waals surface area contributed by atoms with Crippen molar-refractivity contribution in [1.82, 2.24) is 10.2 Å². The van der Waals surface area contributed by atoms with Gasteiger partial charge in [0.1, 0.15) is 11.5 Å². The first kappa shape index (κ1) is 21.2. The van der Waals surface area contributed by atoms with E-state index in [4.69, 9.17) is 9.47 Å². The summed E-state index contributed by atoms with van der Waals surface area (Å²) in [5.41, 5.74) is 4.76. The van der Waals surface area contributed by atoms with Gasteiger partial charge in [-0.3, -0.25) is 9.69 Å². The zero-order valence-corrected chi connectivity index (χ0v) is 18.1. The highest BCUT2D eigenvalue weighted by Gasteiger charge is 2.30. The van der Waals surface area contributed by atoms with Gasteiger partial charge in [0.15, 0.2) is 0 Å². The number of hydrogen-bond donors (Lipinski definition) is 1. The molecule has 1 saturated heterocycles. The quantitative estimate of drug-likeness (QED) is 0.757. The normalized spacial score (nSPS) is 17.8. The third-order valence-electron chi connectivity index (χ3n) is 5.92. The van der Waals surface area contributed by atoms with E-state index < -0.39 is 0 Å². The number of carbonyl (C=O) groups is 1. The molecule has 0 aliphatic carbocycles. The highest BCUT2D eigenvalue weighted by atomic mass is 16.5. The van der Waals surface area contributed by atoms with Crippen LogP contribution in [0.1, 0.15) is 54.1 Å². The lowest BCUT2D eigenvalue weighted by Gasteiger charge is -2.26. The summed E-state index contributed by atoms with van der Waals surface area (Å²) < 4.78 is 10.9. The molecule has 2 atom stereocenters. The minimum Gasteiger partial charge on any atom is -0.497 e. The van der Waals surface area contributed by atoms with E-state index in [2.05, 4.69) is 48.3 Å². The van der Waals surface area contributed by atoms with E-state index in [1.165, 1.54) is 11.1 Å². The molecule has 0 spiro atoms. The first-order valence-corrected chi connectivity index (χ1v) is 10.3. The predicted molar refractivity (Wildman–Crippen MR) is 116 cm³/mol. The second-order valence-electron chi connectivity index (χ2n) is 7.87. The van der Waals surface area contributed by atoms with Gasteiger partial charge in [-0.25, -0.2) is 0 Å². The van der Waals surface area contributed by atoms with E-state index in [-0.39, 0.29) is 18.0 Å². The van der Waals surface area contributed by atoms with Crippen molar-refractivity contribution in [3.8, 4) is 11.5 Å². The van der Waals surface area contributed by atoms with Crippen LogP contribution in [0.3, 0.4) is 0 Å². The van der Waals surface area contributed by atoms with Crippen molar-refractivity contribution in [2.75, 3.05) is 27.3 Å². The summed E-state index contributed by atoms with van der Waals surface area (Å²) in [6.45, 7) is 7.53. The van der Waals surface area contributed by atoms with E-state index in [0.29, 0.717) is 6.54 Å². The van der Waals surface area contributed by atoms with E-state index in [1.807, 2.05) is 19.1 Å². The largest absolute Gasteiger partial charge is 0.497 e. The maximum absolute atomic E-state index is 12.8.